The summed E-state index contributed by atoms with van der Waals surface area (Å²) in [6.07, 6.45) is 4.23. The number of halogens is 1. The molecule has 4 heteroatoms. The van der Waals surface area contributed by atoms with Gasteiger partial charge in [0, 0.05) is 19.6 Å². The number of fused-ring (bicyclic) bond motifs is 1. The minimum atomic E-state index is 0.185. The van der Waals surface area contributed by atoms with Gasteiger partial charge in [0.2, 0.25) is 0 Å². The molecule has 1 aliphatic carbocycles. The van der Waals surface area contributed by atoms with Crippen molar-refractivity contribution in [2.75, 3.05) is 20.2 Å². The molecule has 0 radical (unpaired) electrons. The van der Waals surface area contributed by atoms with Crippen molar-refractivity contribution in [2.24, 2.45) is 11.8 Å². The van der Waals surface area contributed by atoms with Crippen molar-refractivity contribution in [3.63, 3.8) is 0 Å². The van der Waals surface area contributed by atoms with E-state index in [1.807, 2.05) is 12.1 Å². The van der Waals surface area contributed by atoms with Crippen LogP contribution >= 0.6 is 15.9 Å². The van der Waals surface area contributed by atoms with Crippen LogP contribution in [0.3, 0.4) is 0 Å². The van der Waals surface area contributed by atoms with Gasteiger partial charge in [-0.1, -0.05) is 6.42 Å². The second-order valence-corrected chi connectivity index (χ2v) is 6.63. The average Bonchev–Trinajstić information content (AvgIpc) is 2.94. The molecule has 1 saturated heterocycles. The molecule has 0 bridgehead atoms. The molecule has 3 nitrogen and oxygen atoms in total. The molecule has 0 amide bonds. The van der Waals surface area contributed by atoms with Gasteiger partial charge < -0.3 is 9.84 Å². The van der Waals surface area contributed by atoms with Crippen LogP contribution in [0, 0.1) is 11.8 Å². The highest BCUT2D eigenvalue weighted by molar-refractivity contribution is 9.10. The number of methoxy groups -OCH3 is 1. The van der Waals surface area contributed by atoms with E-state index in [1.54, 1.807) is 7.11 Å². The number of hydrogen-bond acceptors (Lipinski definition) is 3. The van der Waals surface area contributed by atoms with E-state index in [-0.39, 0.29) is 5.75 Å². The summed E-state index contributed by atoms with van der Waals surface area (Å²) < 4.78 is 5.92. The molecule has 1 heterocycles. The van der Waals surface area contributed by atoms with Crippen LogP contribution in [0.5, 0.6) is 11.5 Å². The van der Waals surface area contributed by atoms with Gasteiger partial charge in [0.15, 0.2) is 11.5 Å². The van der Waals surface area contributed by atoms with Gasteiger partial charge in [0.05, 0.1) is 11.6 Å². The zero-order chi connectivity index (χ0) is 13.4. The molecule has 1 N–H and O–H groups in total. The molecular weight excluding hydrogens is 306 g/mol. The summed E-state index contributed by atoms with van der Waals surface area (Å²) >= 11 is 3.39. The number of ether oxygens (including phenoxy) is 1. The van der Waals surface area contributed by atoms with E-state index in [1.165, 1.54) is 37.9 Å². The van der Waals surface area contributed by atoms with Crippen molar-refractivity contribution in [3.8, 4) is 11.5 Å². The number of nitrogens with zero attached hydrogens (tertiary/aromatic N) is 1. The van der Waals surface area contributed by atoms with Gasteiger partial charge in [0.25, 0.3) is 0 Å². The maximum absolute atomic E-state index is 9.83. The van der Waals surface area contributed by atoms with E-state index in [0.29, 0.717) is 10.2 Å². The lowest BCUT2D eigenvalue weighted by molar-refractivity contribution is 0.302. The fraction of sp³-hybridized carbons (Fsp3) is 0.600. The minimum absolute atomic E-state index is 0.185. The highest BCUT2D eigenvalue weighted by atomic mass is 79.9. The lowest BCUT2D eigenvalue weighted by atomic mass is 10.0. The van der Waals surface area contributed by atoms with Gasteiger partial charge in [0.1, 0.15) is 0 Å². The van der Waals surface area contributed by atoms with Crippen LogP contribution in [0.4, 0.5) is 0 Å². The Kier molecular flexibility index (Phi) is 3.72. The van der Waals surface area contributed by atoms with Gasteiger partial charge in [-0.05, 0) is 58.3 Å². The summed E-state index contributed by atoms with van der Waals surface area (Å²) in [6, 6.07) is 3.93. The predicted molar refractivity (Wildman–Crippen MR) is 78.5 cm³/mol. The Morgan fingerprint density at radius 2 is 2.00 bits per heavy atom. The molecule has 3 rings (SSSR count). The highest BCUT2D eigenvalue weighted by Crippen LogP contribution is 2.39. The zero-order valence-corrected chi connectivity index (χ0v) is 12.8. The Labute approximate surface area is 122 Å². The molecule has 1 aromatic carbocycles. The van der Waals surface area contributed by atoms with Crippen molar-refractivity contribution in [1.82, 2.24) is 4.90 Å². The molecule has 19 heavy (non-hydrogen) atoms. The van der Waals surface area contributed by atoms with Gasteiger partial charge in [-0.3, -0.25) is 4.90 Å². The van der Waals surface area contributed by atoms with E-state index in [9.17, 15) is 5.11 Å². The lowest BCUT2D eigenvalue weighted by Gasteiger charge is -2.18. The highest BCUT2D eigenvalue weighted by Gasteiger charge is 2.35. The fourth-order valence-electron chi connectivity index (χ4n) is 3.59. The molecule has 1 aliphatic heterocycles. The molecule has 2 unspecified atom stereocenters. The van der Waals surface area contributed by atoms with Crippen LogP contribution < -0.4 is 4.74 Å². The third-order valence-corrected chi connectivity index (χ3v) is 5.12. The largest absolute Gasteiger partial charge is 0.503 e. The molecule has 0 spiro atoms. The standard InChI is InChI=1S/C15H20BrNO2/c1-19-14-6-10(5-13(16)15(14)18)7-17-8-11-3-2-4-12(11)9-17/h5-6,11-12,18H,2-4,7-9H2,1H3. The number of benzene rings is 1. The number of phenols is 1. The predicted octanol–water partition coefficient (Wildman–Crippen LogP) is 3.40. The maximum Gasteiger partial charge on any atom is 0.172 e. The normalized spacial score (nSPS) is 26.6. The summed E-state index contributed by atoms with van der Waals surface area (Å²) in [7, 11) is 1.59. The smallest absolute Gasteiger partial charge is 0.172 e. The molecule has 2 aliphatic rings. The topological polar surface area (TPSA) is 32.7 Å². The Hall–Kier alpha value is -0.740. The van der Waals surface area contributed by atoms with Gasteiger partial charge in [-0.15, -0.1) is 0 Å². The Morgan fingerprint density at radius 3 is 2.63 bits per heavy atom. The Morgan fingerprint density at radius 1 is 1.32 bits per heavy atom. The van der Waals surface area contributed by atoms with Crippen LogP contribution in [-0.4, -0.2) is 30.2 Å². The first-order valence-electron chi connectivity index (χ1n) is 6.95. The van der Waals surface area contributed by atoms with Crippen molar-refractivity contribution >= 4 is 15.9 Å². The van der Waals surface area contributed by atoms with Crippen LogP contribution in [0.1, 0.15) is 24.8 Å². The Bertz CT molecular complexity index is 465. The van der Waals surface area contributed by atoms with E-state index in [4.69, 9.17) is 4.74 Å². The molecule has 0 aromatic heterocycles. The minimum Gasteiger partial charge on any atom is -0.503 e. The van der Waals surface area contributed by atoms with E-state index in [2.05, 4.69) is 20.8 Å². The van der Waals surface area contributed by atoms with Crippen LogP contribution in [0.15, 0.2) is 16.6 Å². The molecule has 2 fully saturated rings. The van der Waals surface area contributed by atoms with Crippen molar-refractivity contribution < 1.29 is 9.84 Å². The SMILES string of the molecule is COc1cc(CN2CC3CCCC3C2)cc(Br)c1O. The second kappa shape index (κ2) is 5.33. The molecule has 104 valence electrons. The van der Waals surface area contributed by atoms with Crippen LogP contribution in [-0.2, 0) is 6.54 Å². The van der Waals surface area contributed by atoms with Gasteiger partial charge in [-0.2, -0.15) is 0 Å². The average molecular weight is 326 g/mol. The summed E-state index contributed by atoms with van der Waals surface area (Å²) in [5, 5.41) is 9.83. The Balaban J connectivity index is 1.72. The van der Waals surface area contributed by atoms with E-state index < -0.39 is 0 Å². The van der Waals surface area contributed by atoms with Gasteiger partial charge >= 0.3 is 0 Å². The van der Waals surface area contributed by atoms with E-state index in [0.717, 1.165) is 18.4 Å². The quantitative estimate of drug-likeness (QED) is 0.924. The summed E-state index contributed by atoms with van der Waals surface area (Å²) in [6.45, 7) is 3.40. The summed E-state index contributed by atoms with van der Waals surface area (Å²) in [5.74, 6) is 2.57. The van der Waals surface area contributed by atoms with Crippen molar-refractivity contribution in [3.05, 3.63) is 22.2 Å². The zero-order valence-electron chi connectivity index (χ0n) is 11.2. The summed E-state index contributed by atoms with van der Waals surface area (Å²) in [5.41, 5.74) is 1.20. The van der Waals surface area contributed by atoms with Crippen molar-refractivity contribution in [1.29, 1.82) is 0 Å². The van der Waals surface area contributed by atoms with Crippen LogP contribution in [0.2, 0.25) is 0 Å². The first-order valence-corrected chi connectivity index (χ1v) is 7.74. The monoisotopic (exact) mass is 325 g/mol. The molecular formula is C15H20BrNO2. The second-order valence-electron chi connectivity index (χ2n) is 5.77. The third kappa shape index (κ3) is 2.61. The first-order chi connectivity index (χ1) is 9.17. The number of aromatic hydroxyl groups is 1. The van der Waals surface area contributed by atoms with Gasteiger partial charge in [-0.25, -0.2) is 0 Å². The summed E-state index contributed by atoms with van der Waals surface area (Å²) in [4.78, 5) is 2.53. The number of hydrogen-bond donors (Lipinski definition) is 1. The van der Waals surface area contributed by atoms with E-state index >= 15 is 0 Å². The molecule has 1 saturated carbocycles. The molecule has 2 atom stereocenters. The lowest BCUT2D eigenvalue weighted by Crippen LogP contribution is -2.21. The van der Waals surface area contributed by atoms with Crippen LogP contribution in [0.25, 0.3) is 0 Å². The number of phenolic OH excluding ortho intramolecular Hbond substituents is 1. The maximum atomic E-state index is 9.83. The third-order valence-electron chi connectivity index (χ3n) is 4.52. The van der Waals surface area contributed by atoms with Crippen molar-refractivity contribution in [2.45, 2.75) is 25.8 Å². The first kappa shape index (κ1) is 13.3. The fourth-order valence-corrected chi connectivity index (χ4v) is 4.08. The number of likely N-dealkylation sites (tertiary alicyclic amines) is 1. The number of rotatable bonds is 3. The molecule has 1 aromatic rings.